The molecule has 2 atom stereocenters. The van der Waals surface area contributed by atoms with Crippen molar-refractivity contribution >= 4 is 52.6 Å². The molecule has 168 valence electrons. The number of carbonyl (C=O) groups is 4. The summed E-state index contributed by atoms with van der Waals surface area (Å²) in [5, 5.41) is 2.40. The number of thioether (sulfide) groups is 2. The minimum Gasteiger partial charge on any atom is -0.454 e. The first-order valence-electron chi connectivity index (χ1n) is 10.2. The van der Waals surface area contributed by atoms with Crippen LogP contribution in [0, 0.1) is 0 Å². The van der Waals surface area contributed by atoms with Crippen molar-refractivity contribution in [2.45, 2.75) is 30.7 Å². The van der Waals surface area contributed by atoms with Crippen LogP contribution in [0.3, 0.4) is 0 Å². The van der Waals surface area contributed by atoms with Gasteiger partial charge in [-0.05, 0) is 48.9 Å². The first-order chi connectivity index (χ1) is 15.4. The van der Waals surface area contributed by atoms with Crippen LogP contribution in [0.4, 0.5) is 4.79 Å². The molecule has 0 bridgehead atoms. The molecule has 4 aliphatic heterocycles. The van der Waals surface area contributed by atoms with Crippen LogP contribution in [0.5, 0.6) is 11.5 Å². The first kappa shape index (κ1) is 21.2. The molecule has 1 N–H and O–H groups in total. The average molecular weight is 476 g/mol. The van der Waals surface area contributed by atoms with Crippen LogP contribution in [0.25, 0.3) is 6.08 Å². The average Bonchev–Trinajstić information content (AvgIpc) is 3.49. The Morgan fingerprint density at radius 1 is 1.28 bits per heavy atom. The Kier molecular flexibility index (Phi) is 5.32. The highest BCUT2D eigenvalue weighted by Gasteiger charge is 2.52. The molecule has 0 aromatic heterocycles. The zero-order chi connectivity index (χ0) is 22.5. The predicted octanol–water partition coefficient (Wildman–Crippen LogP) is 2.02. The number of nitrogens with one attached hydrogen (secondary N) is 1. The normalized spacial score (nSPS) is 27.6. The van der Waals surface area contributed by atoms with Gasteiger partial charge >= 0.3 is 0 Å². The molecule has 4 aliphatic rings. The SMILES string of the molecule is CC12CCC(=O)N1C(C(=O)NCCN1C(=O)S/C(=C\c3ccc4c(c3)OCO4)C1=O)CS2. The maximum Gasteiger partial charge on any atom is 0.293 e. The van der Waals surface area contributed by atoms with Gasteiger partial charge in [0.1, 0.15) is 6.04 Å². The number of nitrogens with zero attached hydrogens (tertiary/aromatic N) is 2. The fourth-order valence-corrected chi connectivity index (χ4v) is 6.57. The Labute approximate surface area is 192 Å². The van der Waals surface area contributed by atoms with Crippen LogP contribution < -0.4 is 14.8 Å². The second kappa shape index (κ2) is 8.04. The summed E-state index contributed by atoms with van der Waals surface area (Å²) in [4.78, 5) is 52.7. The number of carbonyl (C=O) groups excluding carboxylic acids is 4. The summed E-state index contributed by atoms with van der Waals surface area (Å²) in [5.41, 5.74) is 0.727. The molecule has 3 fully saturated rings. The third-order valence-electron chi connectivity index (χ3n) is 5.95. The monoisotopic (exact) mass is 475 g/mol. The zero-order valence-corrected chi connectivity index (χ0v) is 18.9. The molecule has 32 heavy (non-hydrogen) atoms. The third-order valence-corrected chi connectivity index (χ3v) is 8.36. The summed E-state index contributed by atoms with van der Waals surface area (Å²) in [6.45, 7) is 2.35. The van der Waals surface area contributed by atoms with Crippen molar-refractivity contribution in [1.29, 1.82) is 0 Å². The number of imide groups is 1. The molecule has 0 spiro atoms. The minimum absolute atomic E-state index is 0.00255. The van der Waals surface area contributed by atoms with Gasteiger partial charge in [0.15, 0.2) is 11.5 Å². The van der Waals surface area contributed by atoms with Gasteiger partial charge in [-0.1, -0.05) is 6.07 Å². The van der Waals surface area contributed by atoms with Gasteiger partial charge in [-0.25, -0.2) is 0 Å². The second-order valence-electron chi connectivity index (χ2n) is 8.00. The molecule has 9 nitrogen and oxygen atoms in total. The molecule has 11 heteroatoms. The van der Waals surface area contributed by atoms with E-state index in [-0.39, 0.29) is 41.8 Å². The third kappa shape index (κ3) is 3.62. The fraction of sp³-hybridized carbons (Fsp3) is 0.429. The first-order valence-corrected chi connectivity index (χ1v) is 12.0. The van der Waals surface area contributed by atoms with Crippen molar-refractivity contribution < 1.29 is 28.7 Å². The quantitative estimate of drug-likeness (QED) is 0.645. The highest BCUT2D eigenvalue weighted by Crippen LogP contribution is 2.47. The second-order valence-corrected chi connectivity index (χ2v) is 10.5. The van der Waals surface area contributed by atoms with E-state index in [1.807, 2.05) is 6.92 Å². The molecule has 3 saturated heterocycles. The van der Waals surface area contributed by atoms with Gasteiger partial charge in [-0.15, -0.1) is 11.8 Å². The predicted molar refractivity (Wildman–Crippen MR) is 119 cm³/mol. The van der Waals surface area contributed by atoms with Crippen LogP contribution in [0.2, 0.25) is 0 Å². The lowest BCUT2D eigenvalue weighted by Crippen LogP contribution is -2.51. The van der Waals surface area contributed by atoms with Crippen LogP contribution in [0.1, 0.15) is 25.3 Å². The Morgan fingerprint density at radius 2 is 2.09 bits per heavy atom. The standard InChI is InChI=1S/C21H21N3O6S2/c1-21-5-4-17(25)24(21)13(10-31-21)18(26)22-6-7-23-19(27)16(32-20(23)28)9-12-2-3-14-15(8-12)30-11-29-14/h2-3,8-9,13H,4-7,10-11H2,1H3,(H,22,26)/b16-9-. The summed E-state index contributed by atoms with van der Waals surface area (Å²) in [5.74, 6) is 1.14. The maximum absolute atomic E-state index is 12.7. The fourth-order valence-electron chi connectivity index (χ4n) is 4.27. The molecule has 0 saturated carbocycles. The summed E-state index contributed by atoms with van der Waals surface area (Å²) >= 11 is 2.49. The molecule has 1 aromatic rings. The van der Waals surface area contributed by atoms with Crippen molar-refractivity contribution in [3.63, 3.8) is 0 Å². The van der Waals surface area contributed by atoms with E-state index in [1.54, 1.807) is 40.9 Å². The Bertz CT molecular complexity index is 1060. The number of benzene rings is 1. The number of ether oxygens (including phenoxy) is 2. The van der Waals surface area contributed by atoms with E-state index in [0.29, 0.717) is 28.6 Å². The van der Waals surface area contributed by atoms with Crippen molar-refractivity contribution in [2.24, 2.45) is 0 Å². The summed E-state index contributed by atoms with van der Waals surface area (Å²) in [6, 6.07) is 4.78. The van der Waals surface area contributed by atoms with E-state index in [1.165, 1.54) is 0 Å². The van der Waals surface area contributed by atoms with Gasteiger partial charge in [-0.3, -0.25) is 24.1 Å². The highest BCUT2D eigenvalue weighted by atomic mass is 32.2. The van der Waals surface area contributed by atoms with E-state index in [0.717, 1.165) is 28.6 Å². The maximum atomic E-state index is 12.7. The van der Waals surface area contributed by atoms with E-state index in [2.05, 4.69) is 5.32 Å². The molecule has 0 radical (unpaired) electrons. The molecule has 4 amide bonds. The van der Waals surface area contributed by atoms with Gasteiger partial charge in [0.25, 0.3) is 11.1 Å². The molecule has 4 heterocycles. The largest absolute Gasteiger partial charge is 0.454 e. The molecule has 0 aliphatic carbocycles. The van der Waals surface area contributed by atoms with Gasteiger partial charge in [-0.2, -0.15) is 0 Å². The van der Waals surface area contributed by atoms with E-state index >= 15 is 0 Å². The number of rotatable bonds is 5. The Balaban J connectivity index is 1.18. The van der Waals surface area contributed by atoms with Crippen LogP contribution >= 0.6 is 23.5 Å². The minimum atomic E-state index is -0.513. The van der Waals surface area contributed by atoms with Crippen LogP contribution in [0.15, 0.2) is 23.1 Å². The molecule has 5 rings (SSSR count). The van der Waals surface area contributed by atoms with Gasteiger partial charge in [0.05, 0.1) is 9.78 Å². The number of hydrogen-bond donors (Lipinski definition) is 1. The number of hydrogen-bond acceptors (Lipinski definition) is 8. The highest BCUT2D eigenvalue weighted by molar-refractivity contribution is 8.18. The van der Waals surface area contributed by atoms with Gasteiger partial charge in [0.2, 0.25) is 18.6 Å². The zero-order valence-electron chi connectivity index (χ0n) is 17.3. The van der Waals surface area contributed by atoms with E-state index in [4.69, 9.17) is 9.47 Å². The summed E-state index contributed by atoms with van der Waals surface area (Å²) < 4.78 is 10.6. The van der Waals surface area contributed by atoms with Crippen molar-refractivity contribution in [3.05, 3.63) is 28.7 Å². The van der Waals surface area contributed by atoms with Crippen molar-refractivity contribution in [1.82, 2.24) is 15.1 Å². The molecular weight excluding hydrogens is 454 g/mol. The molecule has 2 unspecified atom stereocenters. The summed E-state index contributed by atoms with van der Waals surface area (Å²) in [6.07, 6.45) is 2.84. The lowest BCUT2D eigenvalue weighted by Gasteiger charge is -2.29. The Morgan fingerprint density at radius 3 is 2.94 bits per heavy atom. The lowest BCUT2D eigenvalue weighted by atomic mass is 10.2. The van der Waals surface area contributed by atoms with Crippen LogP contribution in [-0.2, 0) is 14.4 Å². The molecule has 1 aromatic carbocycles. The number of amides is 4. The molecular formula is C21H21N3O6S2. The lowest BCUT2D eigenvalue weighted by molar-refractivity contribution is -0.137. The number of fused-ring (bicyclic) bond motifs is 2. The van der Waals surface area contributed by atoms with Crippen molar-refractivity contribution in [2.75, 3.05) is 25.6 Å². The smallest absolute Gasteiger partial charge is 0.293 e. The van der Waals surface area contributed by atoms with Crippen LogP contribution in [-0.4, -0.2) is 69.3 Å². The van der Waals surface area contributed by atoms with Gasteiger partial charge in [0, 0.05) is 25.3 Å². The van der Waals surface area contributed by atoms with E-state index in [9.17, 15) is 19.2 Å². The van der Waals surface area contributed by atoms with Crippen molar-refractivity contribution in [3.8, 4) is 11.5 Å². The summed E-state index contributed by atoms with van der Waals surface area (Å²) in [7, 11) is 0. The van der Waals surface area contributed by atoms with Gasteiger partial charge < -0.3 is 19.7 Å². The topological polar surface area (TPSA) is 105 Å². The van der Waals surface area contributed by atoms with E-state index < -0.39 is 11.9 Å². The Hall–Kier alpha value is -2.66.